The van der Waals surface area contributed by atoms with E-state index in [1.54, 1.807) is 31.2 Å². The average molecular weight is 469 g/mol. The van der Waals surface area contributed by atoms with Crippen LogP contribution in [0.4, 0.5) is 10.1 Å². The molecule has 0 aliphatic heterocycles. The molecular formula is C20H14BrFN6O2. The van der Waals surface area contributed by atoms with Gasteiger partial charge < -0.3 is 10.1 Å². The van der Waals surface area contributed by atoms with Crippen LogP contribution in [0.3, 0.4) is 0 Å². The van der Waals surface area contributed by atoms with E-state index in [-0.39, 0.29) is 5.69 Å². The standard InChI is InChI=1S/C20H14BrFN6O2/c1-12-25-26-27-28(12)18-10-15(6-7-17(18)22)24-20(29)13-5-8-19(23-11-13)30-16-4-2-3-14(21)9-16/h2-11H,1H3,(H,24,29). The molecule has 0 fully saturated rings. The van der Waals surface area contributed by atoms with Crippen molar-refractivity contribution in [1.29, 1.82) is 0 Å². The number of aryl methyl sites for hydroxylation is 1. The van der Waals surface area contributed by atoms with Crippen molar-refractivity contribution in [3.8, 4) is 17.3 Å². The van der Waals surface area contributed by atoms with Crippen LogP contribution < -0.4 is 10.1 Å². The lowest BCUT2D eigenvalue weighted by Crippen LogP contribution is -2.13. The first kappa shape index (κ1) is 19.6. The number of carbonyl (C=O) groups excluding carboxylic acids is 1. The summed E-state index contributed by atoms with van der Waals surface area (Å²) in [5.41, 5.74) is 0.841. The van der Waals surface area contributed by atoms with Gasteiger partial charge in [0.15, 0.2) is 5.82 Å². The number of hydrogen-bond donors (Lipinski definition) is 1. The van der Waals surface area contributed by atoms with Crippen LogP contribution in [0, 0.1) is 12.7 Å². The van der Waals surface area contributed by atoms with Gasteiger partial charge in [-0.1, -0.05) is 22.0 Å². The highest BCUT2D eigenvalue weighted by Gasteiger charge is 2.13. The van der Waals surface area contributed by atoms with Gasteiger partial charge in [0.05, 0.1) is 5.56 Å². The van der Waals surface area contributed by atoms with Gasteiger partial charge in [-0.15, -0.1) is 5.10 Å². The van der Waals surface area contributed by atoms with E-state index < -0.39 is 11.7 Å². The largest absolute Gasteiger partial charge is 0.439 e. The van der Waals surface area contributed by atoms with Crippen molar-refractivity contribution in [3.63, 3.8) is 0 Å². The number of nitrogens with zero attached hydrogens (tertiary/aromatic N) is 5. The maximum atomic E-state index is 14.2. The number of pyridine rings is 1. The third-order valence-electron chi connectivity index (χ3n) is 4.07. The number of aromatic nitrogens is 5. The molecule has 0 atom stereocenters. The van der Waals surface area contributed by atoms with Gasteiger partial charge in [0, 0.05) is 22.4 Å². The SMILES string of the molecule is Cc1nnnn1-c1cc(NC(=O)c2ccc(Oc3cccc(Br)c3)nc2)ccc1F. The number of rotatable bonds is 5. The normalized spacial score (nSPS) is 10.6. The number of halogens is 2. The van der Waals surface area contributed by atoms with E-state index in [4.69, 9.17) is 4.74 Å². The number of ether oxygens (including phenoxy) is 1. The Morgan fingerprint density at radius 3 is 2.73 bits per heavy atom. The molecule has 0 bridgehead atoms. The third-order valence-corrected chi connectivity index (χ3v) is 4.57. The Morgan fingerprint density at radius 2 is 2.03 bits per heavy atom. The molecule has 150 valence electrons. The Balaban J connectivity index is 1.48. The summed E-state index contributed by atoms with van der Waals surface area (Å²) in [7, 11) is 0. The van der Waals surface area contributed by atoms with Crippen molar-refractivity contribution in [2.45, 2.75) is 6.92 Å². The van der Waals surface area contributed by atoms with Gasteiger partial charge in [0.1, 0.15) is 17.3 Å². The summed E-state index contributed by atoms with van der Waals surface area (Å²) in [5.74, 6) is 0.470. The van der Waals surface area contributed by atoms with E-state index in [1.807, 2.05) is 12.1 Å². The zero-order valence-electron chi connectivity index (χ0n) is 15.6. The van der Waals surface area contributed by atoms with Crippen molar-refractivity contribution >= 4 is 27.5 Å². The summed E-state index contributed by atoms with van der Waals surface area (Å²) in [6, 6.07) is 14.7. The number of anilines is 1. The fourth-order valence-corrected chi connectivity index (χ4v) is 3.01. The molecule has 1 amide bonds. The number of amides is 1. The maximum absolute atomic E-state index is 14.2. The van der Waals surface area contributed by atoms with E-state index in [1.165, 1.54) is 29.1 Å². The quantitative estimate of drug-likeness (QED) is 0.468. The highest BCUT2D eigenvalue weighted by Crippen LogP contribution is 2.23. The number of tetrazole rings is 1. The second-order valence-electron chi connectivity index (χ2n) is 6.20. The van der Waals surface area contributed by atoms with Crippen LogP contribution in [0.2, 0.25) is 0 Å². The molecule has 0 aliphatic rings. The molecule has 2 heterocycles. The molecule has 0 spiro atoms. The average Bonchev–Trinajstić information content (AvgIpc) is 3.15. The first-order valence-electron chi connectivity index (χ1n) is 8.75. The molecule has 4 rings (SSSR count). The van der Waals surface area contributed by atoms with Crippen LogP contribution in [0.25, 0.3) is 5.69 Å². The molecule has 0 radical (unpaired) electrons. The molecule has 2 aromatic heterocycles. The van der Waals surface area contributed by atoms with Crippen LogP contribution >= 0.6 is 15.9 Å². The predicted octanol–water partition coefficient (Wildman–Crippen LogP) is 4.31. The topological polar surface area (TPSA) is 94.8 Å². The maximum Gasteiger partial charge on any atom is 0.257 e. The molecule has 0 unspecified atom stereocenters. The molecule has 30 heavy (non-hydrogen) atoms. The van der Waals surface area contributed by atoms with Crippen molar-refractivity contribution < 1.29 is 13.9 Å². The van der Waals surface area contributed by atoms with Crippen LogP contribution in [0.1, 0.15) is 16.2 Å². The van der Waals surface area contributed by atoms with E-state index >= 15 is 0 Å². The minimum absolute atomic E-state index is 0.131. The van der Waals surface area contributed by atoms with Crippen LogP contribution in [-0.4, -0.2) is 31.1 Å². The Bertz CT molecular complexity index is 1210. The lowest BCUT2D eigenvalue weighted by atomic mass is 10.2. The lowest BCUT2D eigenvalue weighted by Gasteiger charge is -2.09. The van der Waals surface area contributed by atoms with Crippen LogP contribution in [0.5, 0.6) is 11.6 Å². The van der Waals surface area contributed by atoms with Crippen molar-refractivity contribution in [2.75, 3.05) is 5.32 Å². The first-order chi connectivity index (χ1) is 14.5. The van der Waals surface area contributed by atoms with Crippen LogP contribution in [-0.2, 0) is 0 Å². The summed E-state index contributed by atoms with van der Waals surface area (Å²) in [6.07, 6.45) is 1.40. The molecule has 0 aliphatic carbocycles. The molecular weight excluding hydrogens is 455 g/mol. The highest BCUT2D eigenvalue weighted by molar-refractivity contribution is 9.10. The van der Waals surface area contributed by atoms with Gasteiger partial charge in [-0.25, -0.2) is 9.37 Å². The minimum Gasteiger partial charge on any atom is -0.439 e. The smallest absolute Gasteiger partial charge is 0.257 e. The van der Waals surface area contributed by atoms with Crippen molar-refractivity contribution in [3.05, 3.63) is 82.5 Å². The summed E-state index contributed by atoms with van der Waals surface area (Å²) in [5, 5.41) is 13.7. The predicted molar refractivity (Wildman–Crippen MR) is 110 cm³/mol. The second-order valence-corrected chi connectivity index (χ2v) is 7.12. The van der Waals surface area contributed by atoms with E-state index in [2.05, 4.69) is 41.8 Å². The number of hydrogen-bond acceptors (Lipinski definition) is 6. The zero-order valence-corrected chi connectivity index (χ0v) is 17.2. The molecule has 4 aromatic rings. The highest BCUT2D eigenvalue weighted by atomic mass is 79.9. The zero-order chi connectivity index (χ0) is 21.1. The summed E-state index contributed by atoms with van der Waals surface area (Å²) in [4.78, 5) is 16.7. The molecule has 0 saturated carbocycles. The summed E-state index contributed by atoms with van der Waals surface area (Å²) in [6.45, 7) is 1.65. The van der Waals surface area contributed by atoms with Gasteiger partial charge in [0.25, 0.3) is 5.91 Å². The fourth-order valence-electron chi connectivity index (χ4n) is 2.64. The summed E-state index contributed by atoms with van der Waals surface area (Å²) >= 11 is 3.37. The van der Waals surface area contributed by atoms with Gasteiger partial charge >= 0.3 is 0 Å². The minimum atomic E-state index is -0.515. The Morgan fingerprint density at radius 1 is 1.17 bits per heavy atom. The van der Waals surface area contributed by atoms with Gasteiger partial charge in [0.2, 0.25) is 5.88 Å². The second kappa shape index (κ2) is 8.37. The van der Waals surface area contributed by atoms with Crippen molar-refractivity contribution in [2.24, 2.45) is 0 Å². The Labute approximate surface area is 178 Å². The molecule has 8 nitrogen and oxygen atoms in total. The monoisotopic (exact) mass is 468 g/mol. The van der Waals surface area contributed by atoms with E-state index in [0.717, 1.165) is 4.47 Å². The Hall–Kier alpha value is -3.66. The summed E-state index contributed by atoms with van der Waals surface area (Å²) < 4.78 is 22.0. The Kier molecular flexibility index (Phi) is 5.48. The number of nitrogens with one attached hydrogen (secondary N) is 1. The third kappa shape index (κ3) is 4.33. The molecule has 2 aromatic carbocycles. The van der Waals surface area contributed by atoms with E-state index in [9.17, 15) is 9.18 Å². The van der Waals surface area contributed by atoms with Gasteiger partial charge in [-0.2, -0.15) is 4.68 Å². The molecule has 1 N–H and O–H groups in total. The number of benzene rings is 2. The lowest BCUT2D eigenvalue weighted by molar-refractivity contribution is 0.102. The molecule has 0 saturated heterocycles. The molecule has 10 heteroatoms. The fraction of sp³-hybridized carbons (Fsp3) is 0.0500. The van der Waals surface area contributed by atoms with Crippen LogP contribution in [0.15, 0.2) is 65.3 Å². The number of carbonyl (C=O) groups is 1. The van der Waals surface area contributed by atoms with Gasteiger partial charge in [-0.3, -0.25) is 4.79 Å². The van der Waals surface area contributed by atoms with E-state index in [0.29, 0.717) is 28.7 Å². The first-order valence-corrected chi connectivity index (χ1v) is 9.54. The van der Waals surface area contributed by atoms with Gasteiger partial charge in [-0.05, 0) is 59.8 Å². The van der Waals surface area contributed by atoms with Crippen molar-refractivity contribution in [1.82, 2.24) is 25.2 Å².